The fourth-order valence-electron chi connectivity index (χ4n) is 3.48. The van der Waals surface area contributed by atoms with E-state index in [2.05, 4.69) is 21.8 Å². The average Bonchev–Trinajstić information content (AvgIpc) is 3.35. The lowest BCUT2D eigenvalue weighted by molar-refractivity contribution is -0.126. The number of benzene rings is 1. The van der Waals surface area contributed by atoms with Gasteiger partial charge in [0.05, 0.1) is 17.2 Å². The average molecular weight is 426 g/mol. The summed E-state index contributed by atoms with van der Waals surface area (Å²) in [5.41, 5.74) is -0.208. The van der Waals surface area contributed by atoms with Gasteiger partial charge in [-0.05, 0) is 37.2 Å². The number of nitrogens with zero attached hydrogens (tertiary/aromatic N) is 3. The Morgan fingerprint density at radius 1 is 1.29 bits per heavy atom. The third-order valence-corrected chi connectivity index (χ3v) is 5.60. The van der Waals surface area contributed by atoms with E-state index >= 15 is 0 Å². The van der Waals surface area contributed by atoms with Crippen LogP contribution in [0, 0.1) is 16.7 Å². The number of unbranched alkanes of at least 4 members (excludes halogenated alkanes) is 2. The van der Waals surface area contributed by atoms with E-state index in [1.807, 2.05) is 45.0 Å². The van der Waals surface area contributed by atoms with Crippen LogP contribution < -0.4 is 10.6 Å². The molecular weight excluding hydrogens is 394 g/mol. The number of para-hydroxylation sites is 1. The molecule has 166 valence electrons. The van der Waals surface area contributed by atoms with Crippen molar-refractivity contribution in [3.05, 3.63) is 30.0 Å². The largest absolute Gasteiger partial charge is 0.388 e. The highest BCUT2D eigenvalue weighted by Crippen LogP contribution is 2.34. The van der Waals surface area contributed by atoms with Gasteiger partial charge in [-0.2, -0.15) is 10.4 Å². The van der Waals surface area contributed by atoms with Crippen LogP contribution in [0.2, 0.25) is 0 Å². The van der Waals surface area contributed by atoms with Crippen molar-refractivity contribution in [3.8, 4) is 6.07 Å². The van der Waals surface area contributed by atoms with Crippen molar-refractivity contribution >= 4 is 22.7 Å². The zero-order valence-electron chi connectivity index (χ0n) is 18.4. The fraction of sp³-hybridized carbons (Fsp3) is 0.565. The molecule has 0 radical (unpaired) electrons. The van der Waals surface area contributed by atoms with E-state index in [-0.39, 0.29) is 18.1 Å². The van der Waals surface area contributed by atoms with Crippen LogP contribution in [0.4, 0.5) is 0 Å². The van der Waals surface area contributed by atoms with Gasteiger partial charge in [0.15, 0.2) is 5.69 Å². The second-order valence-corrected chi connectivity index (χ2v) is 9.42. The summed E-state index contributed by atoms with van der Waals surface area (Å²) >= 11 is 0. The standard InChI is InChI=1S/C23H31N5O3/c1-22(2,3)19(21(30)25-15-23(31)11-12-23)26-20(29)18-16-9-5-6-10-17(16)28(27-18)14-8-4-7-13-24/h5-6,9-10,19,31H,4,7-8,11-12,14-15H2,1-3H3,(H,25,30)(H,26,29)/t19-/m1/s1. The minimum Gasteiger partial charge on any atom is -0.388 e. The second-order valence-electron chi connectivity index (χ2n) is 9.42. The summed E-state index contributed by atoms with van der Waals surface area (Å²) in [6, 6.07) is 8.86. The summed E-state index contributed by atoms with van der Waals surface area (Å²) < 4.78 is 1.79. The van der Waals surface area contributed by atoms with Gasteiger partial charge in [-0.25, -0.2) is 0 Å². The molecule has 2 amide bonds. The molecule has 8 heteroatoms. The molecule has 0 bridgehead atoms. The molecule has 2 aromatic rings. The van der Waals surface area contributed by atoms with Crippen molar-refractivity contribution in [1.82, 2.24) is 20.4 Å². The molecule has 31 heavy (non-hydrogen) atoms. The molecule has 8 nitrogen and oxygen atoms in total. The Labute approximate surface area is 182 Å². The Bertz CT molecular complexity index is 995. The highest BCUT2D eigenvalue weighted by molar-refractivity contribution is 6.06. The van der Waals surface area contributed by atoms with Crippen LogP contribution in [0.3, 0.4) is 0 Å². The molecule has 1 aromatic heterocycles. The first-order valence-corrected chi connectivity index (χ1v) is 10.8. The number of aryl methyl sites for hydroxylation is 1. The number of carbonyl (C=O) groups excluding carboxylic acids is 2. The van der Waals surface area contributed by atoms with Crippen molar-refractivity contribution in [2.75, 3.05) is 6.54 Å². The van der Waals surface area contributed by atoms with Crippen LogP contribution in [0.15, 0.2) is 24.3 Å². The van der Waals surface area contributed by atoms with Gasteiger partial charge in [0.1, 0.15) is 6.04 Å². The number of aliphatic hydroxyl groups is 1. The first-order chi connectivity index (χ1) is 14.6. The zero-order valence-corrected chi connectivity index (χ0v) is 18.4. The van der Waals surface area contributed by atoms with Gasteiger partial charge in [-0.3, -0.25) is 14.3 Å². The lowest BCUT2D eigenvalue weighted by atomic mass is 9.86. The molecule has 1 aliphatic rings. The van der Waals surface area contributed by atoms with Crippen LogP contribution in [0.5, 0.6) is 0 Å². The molecule has 1 fully saturated rings. The van der Waals surface area contributed by atoms with Gasteiger partial charge in [0.2, 0.25) is 5.91 Å². The molecule has 1 atom stereocenters. The Morgan fingerprint density at radius 3 is 2.65 bits per heavy atom. The Hall–Kier alpha value is -2.92. The van der Waals surface area contributed by atoms with Crippen LogP contribution in [-0.2, 0) is 11.3 Å². The summed E-state index contributed by atoms with van der Waals surface area (Å²) in [7, 11) is 0. The van der Waals surface area contributed by atoms with Crippen LogP contribution in [0.1, 0.15) is 63.4 Å². The number of amides is 2. The summed E-state index contributed by atoms with van der Waals surface area (Å²) in [6.45, 7) is 6.45. The predicted molar refractivity (Wildman–Crippen MR) is 117 cm³/mol. The van der Waals surface area contributed by atoms with Crippen molar-refractivity contribution in [3.63, 3.8) is 0 Å². The van der Waals surface area contributed by atoms with E-state index in [1.165, 1.54) is 0 Å². The smallest absolute Gasteiger partial charge is 0.273 e. The Kier molecular flexibility index (Phi) is 6.65. The summed E-state index contributed by atoms with van der Waals surface area (Å²) in [4.78, 5) is 26.0. The molecule has 0 unspecified atom stereocenters. The number of hydrogen-bond donors (Lipinski definition) is 3. The summed E-state index contributed by atoms with van der Waals surface area (Å²) in [6.07, 6.45) is 3.40. The number of fused-ring (bicyclic) bond motifs is 1. The maximum absolute atomic E-state index is 13.2. The van der Waals surface area contributed by atoms with E-state index in [9.17, 15) is 14.7 Å². The maximum Gasteiger partial charge on any atom is 0.273 e. The van der Waals surface area contributed by atoms with E-state index < -0.39 is 23.0 Å². The molecular formula is C23H31N5O3. The number of hydrogen-bond acceptors (Lipinski definition) is 5. The lowest BCUT2D eigenvalue weighted by Gasteiger charge is -2.30. The molecule has 1 heterocycles. The molecule has 0 aliphatic heterocycles. The van der Waals surface area contributed by atoms with Crippen molar-refractivity contribution in [2.45, 2.75) is 71.1 Å². The quantitative estimate of drug-likeness (QED) is 0.533. The number of nitriles is 1. The van der Waals surface area contributed by atoms with Gasteiger partial charge >= 0.3 is 0 Å². The highest BCUT2D eigenvalue weighted by Gasteiger charge is 2.42. The summed E-state index contributed by atoms with van der Waals surface area (Å²) in [5, 5.41) is 29.6. The third-order valence-electron chi connectivity index (χ3n) is 5.60. The Balaban J connectivity index is 1.78. The minimum absolute atomic E-state index is 0.189. The summed E-state index contributed by atoms with van der Waals surface area (Å²) in [5.74, 6) is -0.728. The second kappa shape index (κ2) is 9.06. The van der Waals surface area contributed by atoms with Gasteiger partial charge < -0.3 is 15.7 Å². The SMILES string of the molecule is CC(C)(C)[C@H](NC(=O)c1nn(CCCCC#N)c2ccccc12)C(=O)NCC1(O)CC1. The number of carbonyl (C=O) groups is 2. The molecule has 0 saturated heterocycles. The van der Waals surface area contributed by atoms with Crippen LogP contribution >= 0.6 is 0 Å². The van der Waals surface area contributed by atoms with Crippen LogP contribution in [-0.4, -0.2) is 44.9 Å². The van der Waals surface area contributed by atoms with Crippen molar-refractivity contribution in [1.29, 1.82) is 5.26 Å². The van der Waals surface area contributed by atoms with E-state index in [4.69, 9.17) is 5.26 Å². The molecule has 1 aliphatic carbocycles. The maximum atomic E-state index is 13.2. The predicted octanol–water partition coefficient (Wildman–Crippen LogP) is 2.52. The van der Waals surface area contributed by atoms with Crippen molar-refractivity contribution < 1.29 is 14.7 Å². The topological polar surface area (TPSA) is 120 Å². The molecule has 3 rings (SSSR count). The molecule has 1 saturated carbocycles. The van der Waals surface area contributed by atoms with E-state index in [0.717, 1.165) is 23.7 Å². The number of rotatable bonds is 9. The number of aromatic nitrogens is 2. The fourth-order valence-corrected chi connectivity index (χ4v) is 3.48. The van der Waals surface area contributed by atoms with Crippen LogP contribution in [0.25, 0.3) is 10.9 Å². The molecule has 1 aromatic carbocycles. The minimum atomic E-state index is -0.803. The zero-order chi connectivity index (χ0) is 22.6. The van der Waals surface area contributed by atoms with Gasteiger partial charge in [-0.1, -0.05) is 39.0 Å². The first-order valence-electron chi connectivity index (χ1n) is 10.8. The highest BCUT2D eigenvalue weighted by atomic mass is 16.3. The van der Waals surface area contributed by atoms with E-state index in [1.54, 1.807) is 4.68 Å². The molecule has 3 N–H and O–H groups in total. The lowest BCUT2D eigenvalue weighted by Crippen LogP contribution is -2.54. The van der Waals surface area contributed by atoms with Crippen molar-refractivity contribution in [2.24, 2.45) is 5.41 Å². The van der Waals surface area contributed by atoms with Gasteiger partial charge in [-0.15, -0.1) is 0 Å². The van der Waals surface area contributed by atoms with Gasteiger partial charge in [0, 0.05) is 24.9 Å². The third kappa shape index (κ3) is 5.61. The van der Waals surface area contributed by atoms with E-state index in [0.29, 0.717) is 25.8 Å². The first kappa shape index (κ1) is 22.8. The normalized spacial score (nSPS) is 15.8. The Morgan fingerprint density at radius 2 is 2.00 bits per heavy atom. The molecule has 0 spiro atoms. The number of nitrogens with one attached hydrogen (secondary N) is 2. The van der Waals surface area contributed by atoms with Gasteiger partial charge in [0.25, 0.3) is 5.91 Å². The monoisotopic (exact) mass is 425 g/mol.